The lowest BCUT2D eigenvalue weighted by molar-refractivity contribution is 0.153. The summed E-state index contributed by atoms with van der Waals surface area (Å²) in [6.45, 7) is 10.5. The molecule has 1 aliphatic heterocycles. The summed E-state index contributed by atoms with van der Waals surface area (Å²) >= 11 is 1.86. The molecule has 0 atom stereocenters. The number of nitrogens with zero attached hydrogens (tertiary/aromatic N) is 2. The van der Waals surface area contributed by atoms with Crippen molar-refractivity contribution >= 4 is 11.3 Å². The van der Waals surface area contributed by atoms with E-state index in [1.165, 1.54) is 49.6 Å². The average molecular weight is 267 g/mol. The summed E-state index contributed by atoms with van der Waals surface area (Å²) in [6, 6.07) is 2.20. The van der Waals surface area contributed by atoms with Gasteiger partial charge in [0.1, 0.15) is 0 Å². The van der Waals surface area contributed by atoms with Crippen molar-refractivity contribution in [2.24, 2.45) is 0 Å². The van der Waals surface area contributed by atoms with Crippen LogP contribution in [0.3, 0.4) is 0 Å². The Hall–Kier alpha value is -0.420. The van der Waals surface area contributed by atoms with Crippen molar-refractivity contribution in [2.45, 2.75) is 19.9 Å². The standard InChI is InChI=1S/C14H25N3S/c1-13-4-11-18-14(13)12-15-5-3-6-17-9-7-16(2)8-10-17/h4,11,15H,3,5-10,12H2,1-2H3. The van der Waals surface area contributed by atoms with Crippen molar-refractivity contribution in [3.8, 4) is 0 Å². The van der Waals surface area contributed by atoms with Crippen molar-refractivity contribution in [1.29, 1.82) is 0 Å². The molecule has 1 aromatic rings. The van der Waals surface area contributed by atoms with Crippen molar-refractivity contribution in [3.63, 3.8) is 0 Å². The van der Waals surface area contributed by atoms with Gasteiger partial charge in [-0.1, -0.05) is 0 Å². The number of hydrogen-bond acceptors (Lipinski definition) is 4. The number of piperazine rings is 1. The number of thiophene rings is 1. The quantitative estimate of drug-likeness (QED) is 0.793. The van der Waals surface area contributed by atoms with E-state index in [0.717, 1.165) is 13.1 Å². The molecule has 0 aliphatic carbocycles. The Morgan fingerprint density at radius 2 is 2.06 bits per heavy atom. The fraction of sp³-hybridized carbons (Fsp3) is 0.714. The van der Waals surface area contributed by atoms with Gasteiger partial charge in [0.15, 0.2) is 0 Å². The minimum Gasteiger partial charge on any atom is -0.312 e. The zero-order valence-corrected chi connectivity index (χ0v) is 12.4. The smallest absolute Gasteiger partial charge is 0.0302 e. The summed E-state index contributed by atoms with van der Waals surface area (Å²) in [4.78, 5) is 6.47. The van der Waals surface area contributed by atoms with Crippen LogP contribution in [-0.4, -0.2) is 56.1 Å². The molecule has 102 valence electrons. The second-order valence-corrected chi connectivity index (χ2v) is 6.20. The Bertz CT molecular complexity index is 343. The van der Waals surface area contributed by atoms with Gasteiger partial charge in [-0.15, -0.1) is 11.3 Å². The normalized spacial score (nSPS) is 18.3. The molecule has 0 amide bonds. The van der Waals surface area contributed by atoms with Crippen molar-refractivity contribution < 1.29 is 0 Å². The Labute approximate surface area is 115 Å². The van der Waals surface area contributed by atoms with E-state index in [0.29, 0.717) is 0 Å². The van der Waals surface area contributed by atoms with E-state index in [1.54, 1.807) is 0 Å². The van der Waals surface area contributed by atoms with Crippen LogP contribution in [0.4, 0.5) is 0 Å². The molecule has 18 heavy (non-hydrogen) atoms. The monoisotopic (exact) mass is 267 g/mol. The van der Waals surface area contributed by atoms with Crippen LogP contribution < -0.4 is 5.32 Å². The van der Waals surface area contributed by atoms with E-state index >= 15 is 0 Å². The topological polar surface area (TPSA) is 18.5 Å². The third-order valence-electron chi connectivity index (χ3n) is 3.68. The predicted octanol–water partition coefficient (Wildman–Crippen LogP) is 1.78. The van der Waals surface area contributed by atoms with Gasteiger partial charge in [-0.05, 0) is 50.5 Å². The molecule has 4 heteroatoms. The number of rotatable bonds is 6. The van der Waals surface area contributed by atoms with Gasteiger partial charge in [0, 0.05) is 37.6 Å². The van der Waals surface area contributed by atoms with Crippen LogP contribution in [0.2, 0.25) is 0 Å². The summed E-state index contributed by atoms with van der Waals surface area (Å²) in [6.07, 6.45) is 1.26. The number of likely N-dealkylation sites (N-methyl/N-ethyl adjacent to an activating group) is 1. The van der Waals surface area contributed by atoms with E-state index in [4.69, 9.17) is 0 Å². The number of aryl methyl sites for hydroxylation is 1. The van der Waals surface area contributed by atoms with E-state index in [2.05, 4.69) is 40.5 Å². The minimum atomic E-state index is 1.03. The molecule has 0 spiro atoms. The molecule has 0 aromatic carbocycles. The predicted molar refractivity (Wildman–Crippen MR) is 79.3 cm³/mol. The van der Waals surface area contributed by atoms with Crippen molar-refractivity contribution in [1.82, 2.24) is 15.1 Å². The highest BCUT2D eigenvalue weighted by Crippen LogP contribution is 2.14. The molecule has 1 aliphatic rings. The lowest BCUT2D eigenvalue weighted by Gasteiger charge is -2.32. The third-order valence-corrected chi connectivity index (χ3v) is 4.70. The Morgan fingerprint density at radius 3 is 2.72 bits per heavy atom. The molecular formula is C14H25N3S. The molecule has 0 saturated carbocycles. The van der Waals surface area contributed by atoms with Crippen LogP contribution in [0.5, 0.6) is 0 Å². The van der Waals surface area contributed by atoms with Crippen molar-refractivity contribution in [3.05, 3.63) is 21.9 Å². The highest BCUT2D eigenvalue weighted by molar-refractivity contribution is 7.10. The molecular weight excluding hydrogens is 242 g/mol. The Kier molecular flexibility index (Phi) is 5.63. The molecule has 0 unspecified atom stereocenters. The van der Waals surface area contributed by atoms with Crippen LogP contribution in [0.15, 0.2) is 11.4 Å². The van der Waals surface area contributed by atoms with Gasteiger partial charge in [-0.25, -0.2) is 0 Å². The summed E-state index contributed by atoms with van der Waals surface area (Å²) in [5, 5.41) is 5.73. The Morgan fingerprint density at radius 1 is 1.28 bits per heavy atom. The summed E-state index contributed by atoms with van der Waals surface area (Å²) in [7, 11) is 2.21. The fourth-order valence-electron chi connectivity index (χ4n) is 2.29. The van der Waals surface area contributed by atoms with Gasteiger partial charge in [0.25, 0.3) is 0 Å². The first-order valence-corrected chi connectivity index (χ1v) is 7.78. The summed E-state index contributed by atoms with van der Waals surface area (Å²) in [5.41, 5.74) is 1.42. The maximum absolute atomic E-state index is 3.55. The van der Waals surface area contributed by atoms with Crippen molar-refractivity contribution in [2.75, 3.05) is 46.3 Å². The van der Waals surface area contributed by atoms with E-state index in [-0.39, 0.29) is 0 Å². The lowest BCUT2D eigenvalue weighted by Crippen LogP contribution is -2.45. The Balaban J connectivity index is 1.53. The molecule has 3 nitrogen and oxygen atoms in total. The van der Waals surface area contributed by atoms with Gasteiger partial charge in [0.2, 0.25) is 0 Å². The molecule has 0 bridgehead atoms. The fourth-order valence-corrected chi connectivity index (χ4v) is 3.16. The van der Waals surface area contributed by atoms with Gasteiger partial charge >= 0.3 is 0 Å². The molecule has 0 radical (unpaired) electrons. The van der Waals surface area contributed by atoms with Gasteiger partial charge < -0.3 is 15.1 Å². The number of hydrogen-bond donors (Lipinski definition) is 1. The molecule has 2 heterocycles. The first-order chi connectivity index (χ1) is 8.75. The second-order valence-electron chi connectivity index (χ2n) is 5.20. The van der Waals surface area contributed by atoms with E-state index < -0.39 is 0 Å². The lowest BCUT2D eigenvalue weighted by atomic mass is 10.3. The minimum absolute atomic E-state index is 1.03. The SMILES string of the molecule is Cc1ccsc1CNCCCN1CCN(C)CC1. The van der Waals surface area contributed by atoms with E-state index in [1.807, 2.05) is 11.3 Å². The van der Waals surface area contributed by atoms with E-state index in [9.17, 15) is 0 Å². The number of nitrogens with one attached hydrogen (secondary N) is 1. The van der Waals surface area contributed by atoms with Crippen LogP contribution >= 0.6 is 11.3 Å². The largest absolute Gasteiger partial charge is 0.312 e. The van der Waals surface area contributed by atoms with Gasteiger partial charge in [-0.3, -0.25) is 0 Å². The molecule has 1 aromatic heterocycles. The first kappa shape index (κ1) is 14.0. The first-order valence-electron chi connectivity index (χ1n) is 6.90. The van der Waals surface area contributed by atoms with Gasteiger partial charge in [-0.2, -0.15) is 0 Å². The van der Waals surface area contributed by atoms with Crippen LogP contribution in [0.1, 0.15) is 16.9 Å². The van der Waals surface area contributed by atoms with Crippen LogP contribution in [-0.2, 0) is 6.54 Å². The van der Waals surface area contributed by atoms with Crippen LogP contribution in [0, 0.1) is 6.92 Å². The van der Waals surface area contributed by atoms with Gasteiger partial charge in [0.05, 0.1) is 0 Å². The maximum atomic E-state index is 3.55. The second kappa shape index (κ2) is 7.24. The molecule has 2 rings (SSSR count). The molecule has 1 N–H and O–H groups in total. The molecule has 1 fully saturated rings. The summed E-state index contributed by atoms with van der Waals surface area (Å²) < 4.78 is 0. The maximum Gasteiger partial charge on any atom is 0.0302 e. The zero-order chi connectivity index (χ0) is 12.8. The third kappa shape index (κ3) is 4.35. The highest BCUT2D eigenvalue weighted by Gasteiger charge is 2.12. The zero-order valence-electron chi connectivity index (χ0n) is 11.6. The van der Waals surface area contributed by atoms with Crippen LogP contribution in [0.25, 0.3) is 0 Å². The molecule has 1 saturated heterocycles. The summed E-state index contributed by atoms with van der Waals surface area (Å²) in [5.74, 6) is 0. The highest BCUT2D eigenvalue weighted by atomic mass is 32.1. The average Bonchev–Trinajstić information content (AvgIpc) is 2.77.